The van der Waals surface area contributed by atoms with Gasteiger partial charge in [-0.1, -0.05) is 63.2 Å². The topological polar surface area (TPSA) is 105 Å². The summed E-state index contributed by atoms with van der Waals surface area (Å²) in [5.74, 6) is -1.05. The molecule has 0 aliphatic carbocycles. The lowest BCUT2D eigenvalue weighted by Gasteiger charge is -2.34. The molecular formula is C25H32N4O4. The van der Waals surface area contributed by atoms with E-state index in [0.717, 1.165) is 16.8 Å². The maximum absolute atomic E-state index is 13.1. The minimum atomic E-state index is -0.849. The van der Waals surface area contributed by atoms with Gasteiger partial charge in [0.2, 0.25) is 11.8 Å². The molecule has 2 aromatic carbocycles. The van der Waals surface area contributed by atoms with Crippen LogP contribution in [0.1, 0.15) is 27.2 Å². The zero-order valence-electron chi connectivity index (χ0n) is 19.2. The molecule has 0 aromatic heterocycles. The number of rotatable bonds is 8. The van der Waals surface area contributed by atoms with Crippen LogP contribution in [0.5, 0.6) is 0 Å². The molecule has 0 saturated carbocycles. The summed E-state index contributed by atoms with van der Waals surface area (Å²) < 4.78 is 0. The quantitative estimate of drug-likeness (QED) is 0.363. The highest BCUT2D eigenvalue weighted by molar-refractivity contribution is 5.88. The number of carbonyl (C=O) groups excluding carboxylic acids is 2. The number of nitrogens with zero attached hydrogens (tertiary/aromatic N) is 2. The maximum Gasteiger partial charge on any atom is 0.245 e. The summed E-state index contributed by atoms with van der Waals surface area (Å²) in [4.78, 5) is 28.7. The standard InChI is InChI=1S/C25H32N4O4/c1-25(2,3)22(16-30)26-24(32)21(15-23(31)27-33)29-14-13-28(17-29)20-11-9-19(10-12-20)18-7-5-4-6-8-18/h4-14,21-22,30,33H,15-17H2,1-3H3,(H,26,32)(H,27,31)/t21?,22-/m1/s1. The zero-order valence-corrected chi connectivity index (χ0v) is 19.2. The van der Waals surface area contributed by atoms with Crippen molar-refractivity contribution in [1.29, 1.82) is 0 Å². The lowest BCUT2D eigenvalue weighted by atomic mass is 9.87. The predicted molar refractivity (Wildman–Crippen MR) is 127 cm³/mol. The SMILES string of the molecule is CC(C)(C)[C@@H](CO)NC(=O)C(CC(=O)NO)N1C=CN(c2ccc(-c3ccccc3)cc2)C1. The third-order valence-electron chi connectivity index (χ3n) is 5.81. The predicted octanol–water partition coefficient (Wildman–Crippen LogP) is 2.69. The van der Waals surface area contributed by atoms with Crippen molar-refractivity contribution in [1.82, 2.24) is 15.7 Å². The van der Waals surface area contributed by atoms with Gasteiger partial charge in [0, 0.05) is 18.1 Å². The number of carbonyl (C=O) groups is 2. The summed E-state index contributed by atoms with van der Waals surface area (Å²) >= 11 is 0. The molecule has 1 unspecified atom stereocenters. The lowest BCUT2D eigenvalue weighted by molar-refractivity contribution is -0.135. The van der Waals surface area contributed by atoms with Crippen LogP contribution in [0.3, 0.4) is 0 Å². The number of anilines is 1. The zero-order chi connectivity index (χ0) is 24.0. The number of aliphatic hydroxyl groups is 1. The maximum atomic E-state index is 13.1. The number of benzene rings is 2. The van der Waals surface area contributed by atoms with Crippen molar-refractivity contribution < 1.29 is 19.9 Å². The van der Waals surface area contributed by atoms with Crippen LogP contribution >= 0.6 is 0 Å². The molecule has 0 saturated heterocycles. The summed E-state index contributed by atoms with van der Waals surface area (Å²) in [6.07, 6.45) is 3.38. The number of hydrogen-bond acceptors (Lipinski definition) is 6. The highest BCUT2D eigenvalue weighted by atomic mass is 16.5. The number of aliphatic hydroxyl groups excluding tert-OH is 1. The van der Waals surface area contributed by atoms with E-state index in [1.54, 1.807) is 16.6 Å². The van der Waals surface area contributed by atoms with Crippen molar-refractivity contribution >= 4 is 17.5 Å². The molecule has 0 fully saturated rings. The van der Waals surface area contributed by atoms with Crippen molar-refractivity contribution in [2.45, 2.75) is 39.3 Å². The Morgan fingerprint density at radius 1 is 1.00 bits per heavy atom. The third kappa shape index (κ3) is 6.12. The van der Waals surface area contributed by atoms with E-state index in [1.165, 1.54) is 0 Å². The molecule has 1 aliphatic heterocycles. The highest BCUT2D eigenvalue weighted by Crippen LogP contribution is 2.26. The van der Waals surface area contributed by atoms with Crippen LogP contribution in [-0.2, 0) is 9.59 Å². The Morgan fingerprint density at radius 2 is 1.64 bits per heavy atom. The van der Waals surface area contributed by atoms with Gasteiger partial charge in [0.15, 0.2) is 0 Å². The molecule has 2 amide bonds. The van der Waals surface area contributed by atoms with Gasteiger partial charge >= 0.3 is 0 Å². The molecule has 33 heavy (non-hydrogen) atoms. The van der Waals surface area contributed by atoms with Gasteiger partial charge in [-0.25, -0.2) is 5.48 Å². The fourth-order valence-corrected chi connectivity index (χ4v) is 3.67. The number of hydroxylamine groups is 1. The van der Waals surface area contributed by atoms with Gasteiger partial charge in [-0.2, -0.15) is 0 Å². The molecule has 0 spiro atoms. The van der Waals surface area contributed by atoms with E-state index in [0.29, 0.717) is 6.67 Å². The molecule has 3 rings (SSSR count). The summed E-state index contributed by atoms with van der Waals surface area (Å²) in [6, 6.07) is 16.9. The normalized spacial score (nSPS) is 15.3. The first-order chi connectivity index (χ1) is 15.7. The summed E-state index contributed by atoms with van der Waals surface area (Å²) in [6.45, 7) is 5.89. The molecule has 176 valence electrons. The Balaban J connectivity index is 1.72. The fraction of sp³-hybridized carbons (Fsp3) is 0.360. The summed E-state index contributed by atoms with van der Waals surface area (Å²) in [5.41, 5.74) is 4.43. The smallest absolute Gasteiger partial charge is 0.245 e. The average molecular weight is 453 g/mol. The van der Waals surface area contributed by atoms with Crippen LogP contribution in [0.25, 0.3) is 11.1 Å². The Kier molecular flexibility index (Phi) is 7.73. The summed E-state index contributed by atoms with van der Waals surface area (Å²) in [7, 11) is 0. The third-order valence-corrected chi connectivity index (χ3v) is 5.81. The minimum Gasteiger partial charge on any atom is -0.394 e. The molecule has 8 nitrogen and oxygen atoms in total. The van der Waals surface area contributed by atoms with E-state index in [2.05, 4.69) is 17.4 Å². The van der Waals surface area contributed by atoms with Crippen molar-refractivity contribution in [3.8, 4) is 11.1 Å². The molecule has 2 aromatic rings. The van der Waals surface area contributed by atoms with E-state index < -0.39 is 23.9 Å². The molecule has 4 N–H and O–H groups in total. The number of nitrogens with one attached hydrogen (secondary N) is 2. The monoisotopic (exact) mass is 452 g/mol. The minimum absolute atomic E-state index is 0.218. The van der Waals surface area contributed by atoms with Crippen molar-refractivity contribution in [3.63, 3.8) is 0 Å². The van der Waals surface area contributed by atoms with Gasteiger partial charge in [-0.3, -0.25) is 14.8 Å². The molecule has 0 bridgehead atoms. The van der Waals surface area contributed by atoms with Crippen LogP contribution in [0, 0.1) is 5.41 Å². The Morgan fingerprint density at radius 3 is 2.21 bits per heavy atom. The van der Waals surface area contributed by atoms with E-state index in [4.69, 9.17) is 5.21 Å². The average Bonchev–Trinajstić information content (AvgIpc) is 3.30. The lowest BCUT2D eigenvalue weighted by Crippen LogP contribution is -2.54. The van der Waals surface area contributed by atoms with Crippen LogP contribution in [0.15, 0.2) is 67.0 Å². The van der Waals surface area contributed by atoms with Crippen molar-refractivity contribution in [3.05, 3.63) is 67.0 Å². The molecular weight excluding hydrogens is 420 g/mol. The molecule has 0 radical (unpaired) electrons. The highest BCUT2D eigenvalue weighted by Gasteiger charge is 2.33. The first-order valence-electron chi connectivity index (χ1n) is 10.9. The van der Waals surface area contributed by atoms with E-state index in [1.807, 2.05) is 74.3 Å². The van der Waals surface area contributed by atoms with Gasteiger partial charge in [0.05, 0.1) is 25.7 Å². The Bertz CT molecular complexity index is 970. The van der Waals surface area contributed by atoms with E-state index >= 15 is 0 Å². The second-order valence-corrected chi connectivity index (χ2v) is 9.20. The van der Waals surface area contributed by atoms with Gasteiger partial charge in [-0.05, 0) is 28.7 Å². The van der Waals surface area contributed by atoms with Gasteiger partial charge in [-0.15, -0.1) is 0 Å². The molecule has 1 heterocycles. The van der Waals surface area contributed by atoms with Crippen LogP contribution in [0.4, 0.5) is 5.69 Å². The number of amides is 2. The second-order valence-electron chi connectivity index (χ2n) is 9.20. The Hall–Kier alpha value is -3.36. The first-order valence-corrected chi connectivity index (χ1v) is 10.9. The van der Waals surface area contributed by atoms with Crippen LogP contribution < -0.4 is 15.7 Å². The van der Waals surface area contributed by atoms with Crippen LogP contribution in [0.2, 0.25) is 0 Å². The van der Waals surface area contributed by atoms with E-state index in [-0.39, 0.29) is 18.4 Å². The largest absolute Gasteiger partial charge is 0.394 e. The summed E-state index contributed by atoms with van der Waals surface area (Å²) in [5, 5.41) is 21.6. The van der Waals surface area contributed by atoms with Gasteiger partial charge in [0.25, 0.3) is 0 Å². The molecule has 1 aliphatic rings. The van der Waals surface area contributed by atoms with E-state index in [9.17, 15) is 14.7 Å². The first kappa shape index (κ1) is 24.3. The number of hydrogen-bond donors (Lipinski definition) is 4. The van der Waals surface area contributed by atoms with Crippen molar-refractivity contribution in [2.24, 2.45) is 5.41 Å². The molecule has 8 heteroatoms. The Labute approximate surface area is 194 Å². The van der Waals surface area contributed by atoms with Crippen molar-refractivity contribution in [2.75, 3.05) is 18.2 Å². The van der Waals surface area contributed by atoms with Crippen LogP contribution in [-0.4, -0.2) is 52.4 Å². The fourth-order valence-electron chi connectivity index (χ4n) is 3.67. The second kappa shape index (κ2) is 10.5. The van der Waals surface area contributed by atoms with Gasteiger partial charge in [0.1, 0.15) is 6.04 Å². The molecule has 2 atom stereocenters. The van der Waals surface area contributed by atoms with Gasteiger partial charge < -0.3 is 20.2 Å².